The first-order valence-corrected chi connectivity index (χ1v) is 4.93. The average Bonchev–Trinajstić information content (AvgIpc) is 1.54. The molecule has 1 radical (unpaired) electrons. The molecule has 0 aromatic carbocycles. The number of hydrogen-bond acceptors (Lipinski definition) is 9. The molecule has 0 aliphatic heterocycles. The predicted octanol–water partition coefficient (Wildman–Crippen LogP) is -1.70. The van der Waals surface area contributed by atoms with Crippen molar-refractivity contribution in [1.82, 2.24) is 0 Å². The Labute approximate surface area is 105 Å². The normalized spacial score (nSPS) is 5.77. The van der Waals surface area contributed by atoms with E-state index in [1.807, 2.05) is 0 Å². The minimum atomic E-state index is -3.37. The molecule has 0 unspecified atom stereocenters. The molecule has 0 aliphatic rings. The second-order valence-electron chi connectivity index (χ2n) is 0.671. The summed E-state index contributed by atoms with van der Waals surface area (Å²) in [5, 5.41) is 0. The van der Waals surface area contributed by atoms with Crippen molar-refractivity contribution in [2.45, 2.75) is 0 Å². The Morgan fingerprint density at radius 3 is 0.538 bits per heavy atom. The van der Waals surface area contributed by atoms with E-state index >= 15 is 0 Å². The van der Waals surface area contributed by atoms with Crippen molar-refractivity contribution in [1.29, 1.82) is 0 Å². The van der Waals surface area contributed by atoms with Gasteiger partial charge in [0.25, 0.3) is 0 Å². The monoisotopic (exact) mass is 395 g/mol. The van der Waals surface area contributed by atoms with Gasteiger partial charge in [-0.25, -0.2) is 0 Å². The van der Waals surface area contributed by atoms with E-state index in [-0.39, 0.29) is 39.9 Å². The van der Waals surface area contributed by atoms with Gasteiger partial charge in [0.2, 0.25) is 23.7 Å². The van der Waals surface area contributed by atoms with Crippen LogP contribution in [-0.2, 0) is 27.4 Å². The molecule has 0 N–H and O–H groups in total. The van der Waals surface area contributed by atoms with Crippen molar-refractivity contribution in [3.8, 4) is 0 Å². The predicted molar refractivity (Wildman–Crippen MR) is 24.9 cm³/mol. The van der Waals surface area contributed by atoms with Crippen LogP contribution in [0.25, 0.3) is 0 Å². The molecule has 0 aromatic heterocycles. The molecule has 13 heteroatoms. The molecule has 13 heavy (non-hydrogen) atoms. The molecule has 0 aliphatic carbocycles. The Balaban J connectivity index is -0.0000000450. The Morgan fingerprint density at radius 1 is 0.538 bits per heavy atom. The van der Waals surface area contributed by atoms with Gasteiger partial charge in [-0.05, 0) is 0 Å². The van der Waals surface area contributed by atoms with Gasteiger partial charge in [-0.15, -0.1) is 0 Å². The van der Waals surface area contributed by atoms with Gasteiger partial charge in [-0.1, -0.05) is 0 Å². The molecule has 0 fully saturated rings. The summed E-state index contributed by atoms with van der Waals surface area (Å²) in [6.07, 6.45) is 0. The third-order valence-corrected chi connectivity index (χ3v) is 0. The van der Waals surface area contributed by atoms with Crippen LogP contribution in [0, 0.1) is 39.9 Å². The molecule has 0 spiro atoms. The van der Waals surface area contributed by atoms with Gasteiger partial charge < -0.3 is 14.7 Å². The fraction of sp³-hybridized carbons (Fsp3) is 0. The first-order valence-electron chi connectivity index (χ1n) is 1.64. The summed E-state index contributed by atoms with van der Waals surface area (Å²) in [4.78, 5) is 25.4. The van der Waals surface area contributed by atoms with Crippen LogP contribution in [0.5, 0.6) is 0 Å². The zero-order valence-corrected chi connectivity index (χ0v) is 10.3. The smallest absolute Gasteiger partial charge is 0.744 e. The Morgan fingerprint density at radius 2 is 0.538 bits per heavy atom. The van der Waals surface area contributed by atoms with Crippen molar-refractivity contribution in [3.05, 3.63) is 0 Å². The Bertz CT molecular complexity index is 208. The summed E-state index contributed by atoms with van der Waals surface area (Å²) < 4.78 is 50.9. The van der Waals surface area contributed by atoms with E-state index in [2.05, 4.69) is 0 Å². The molecule has 9 nitrogen and oxygen atoms in total. The average molecular weight is 394 g/mol. The topological polar surface area (TPSA) is 172 Å². The van der Waals surface area contributed by atoms with Crippen LogP contribution in [0.4, 0.5) is 0 Å². The van der Waals surface area contributed by atoms with Gasteiger partial charge >= 0.3 is 39.9 Å². The van der Waals surface area contributed by atoms with Crippen LogP contribution in [-0.4, -0.2) is 0 Å². The van der Waals surface area contributed by atoms with E-state index in [0.717, 1.165) is 0 Å². The Kier molecular flexibility index (Phi) is 33.8. The van der Waals surface area contributed by atoms with Gasteiger partial charge in [-0.3, -0.25) is 27.4 Å². The van der Waals surface area contributed by atoms with E-state index in [9.17, 15) is 0 Å². The summed E-state index contributed by atoms with van der Waals surface area (Å²) in [7, 11) is -10.1. The summed E-state index contributed by atoms with van der Waals surface area (Å²) in [5.41, 5.74) is 0. The molecule has 0 saturated carbocycles. The van der Waals surface area contributed by atoms with E-state index in [0.29, 0.717) is 0 Å². The first-order chi connectivity index (χ1) is 5.20. The van der Waals surface area contributed by atoms with Crippen molar-refractivity contribution >= 4 is 23.7 Å². The van der Waals surface area contributed by atoms with E-state index in [1.165, 1.54) is 0 Å². The quantitative estimate of drug-likeness (QED) is 0.434. The molecule has 0 heterocycles. The third kappa shape index (κ3) is 1870. The fourth-order valence-corrected chi connectivity index (χ4v) is 0. The van der Waals surface area contributed by atoms with Gasteiger partial charge in [0, 0.05) is 0 Å². The molecule has 0 atom stereocenters. The summed E-state index contributed by atoms with van der Waals surface area (Å²) in [6.45, 7) is 0. The first kappa shape index (κ1) is 23.6. The molecule has 0 rings (SSSR count). The van der Waals surface area contributed by atoms with E-state index < -0.39 is 23.7 Å². The summed E-state index contributed by atoms with van der Waals surface area (Å²) in [5.74, 6) is 0. The van der Waals surface area contributed by atoms with Gasteiger partial charge in [0.05, 0.1) is 0 Å². The summed E-state index contributed by atoms with van der Waals surface area (Å²) >= 11 is 0. The van der Waals surface area contributed by atoms with Crippen LogP contribution < -0.4 is 14.7 Å². The van der Waals surface area contributed by atoms with Crippen molar-refractivity contribution in [3.63, 3.8) is 0 Å². The maximum absolute atomic E-state index is 8.48. The maximum Gasteiger partial charge on any atom is 3.00 e. The minimum Gasteiger partial charge on any atom is -0.744 e. The maximum atomic E-state index is 8.48. The fourth-order valence-electron chi connectivity index (χ4n) is 0. The van der Waals surface area contributed by atoms with Gasteiger partial charge in [0.15, 0.2) is 0 Å². The number of rotatable bonds is 0. The molecule has 0 bridgehead atoms. The molecular weight excluding hydrogens is 394 g/mol. The van der Waals surface area contributed by atoms with Gasteiger partial charge in [0.1, 0.15) is 0 Å². The van der Waals surface area contributed by atoms with E-state index in [4.69, 9.17) is 42.1 Å². The standard InChI is InChI=1S/Gd.3HO3P/c;3*1-4(2)3/h;3*(H,1,2,3)/q+3;;;/p-3. The second-order valence-corrected chi connectivity index (χ2v) is 2.01. The van der Waals surface area contributed by atoms with Crippen LogP contribution in [0.1, 0.15) is 0 Å². The molecule has 0 aromatic rings. The van der Waals surface area contributed by atoms with Crippen LogP contribution in [0.3, 0.4) is 0 Å². The molecular formula is GdO9P3. The minimum absolute atomic E-state index is 0. The molecule has 0 amide bonds. The molecule has 0 saturated heterocycles. The van der Waals surface area contributed by atoms with Crippen LogP contribution >= 0.6 is 23.7 Å². The zero-order valence-electron chi connectivity index (χ0n) is 5.37. The van der Waals surface area contributed by atoms with Gasteiger partial charge in [-0.2, -0.15) is 0 Å². The van der Waals surface area contributed by atoms with Crippen LogP contribution in [0.2, 0.25) is 0 Å². The van der Waals surface area contributed by atoms with Crippen molar-refractivity contribution in [2.24, 2.45) is 0 Å². The largest absolute Gasteiger partial charge is 3.00 e. The third-order valence-electron chi connectivity index (χ3n) is 0. The second kappa shape index (κ2) is 18.6. The summed E-state index contributed by atoms with van der Waals surface area (Å²) in [6, 6.07) is 0. The van der Waals surface area contributed by atoms with E-state index in [1.54, 1.807) is 0 Å². The van der Waals surface area contributed by atoms with Crippen LogP contribution in [0.15, 0.2) is 0 Å². The Hall–Kier alpha value is 0.905. The van der Waals surface area contributed by atoms with Crippen molar-refractivity contribution < 1.29 is 82.0 Å². The zero-order chi connectivity index (χ0) is 10.7. The number of hydrogen-bond donors (Lipinski definition) is 0. The SMILES string of the molecule is O=P(=O)[O-].O=P(=O)[O-].O=P(=O)[O-].[Gd+3]. The molecule has 77 valence electrons. The van der Waals surface area contributed by atoms with Crippen molar-refractivity contribution in [2.75, 3.05) is 0 Å².